The van der Waals surface area contributed by atoms with Gasteiger partial charge in [-0.05, 0) is 0 Å². The Hall–Kier alpha value is -0.136. The maximum atomic E-state index is 3.63. The standard InChI is InChI=1S/C8H8N.Y/c1-9-7-8-5-3-2-4-6-8;/h2-7H,1H2;/q-1;. The van der Waals surface area contributed by atoms with Crippen LogP contribution < -0.4 is 0 Å². The molecule has 49 valence electrons. The van der Waals surface area contributed by atoms with Gasteiger partial charge in [-0.15, -0.1) is 6.21 Å². The quantitative estimate of drug-likeness (QED) is 0.492. The molecule has 10 heavy (non-hydrogen) atoms. The van der Waals surface area contributed by atoms with Crippen LogP contribution >= 0.6 is 0 Å². The Bertz CT molecular complexity index is 194. The molecule has 1 rings (SSSR count). The molecule has 1 radical (unpaired) electrons. The van der Waals surface area contributed by atoms with Crippen LogP contribution in [0.25, 0.3) is 0 Å². The van der Waals surface area contributed by atoms with E-state index in [1.165, 1.54) is 0 Å². The van der Waals surface area contributed by atoms with E-state index >= 15 is 0 Å². The van der Waals surface area contributed by atoms with Gasteiger partial charge < -0.3 is 4.99 Å². The Kier molecular flexibility index (Phi) is 5.56. The molecular formula is C8H8NY-. The summed E-state index contributed by atoms with van der Waals surface area (Å²) < 4.78 is 0. The third-order valence-corrected chi connectivity index (χ3v) is 1.04. The van der Waals surface area contributed by atoms with E-state index in [9.17, 15) is 0 Å². The van der Waals surface area contributed by atoms with Crippen LogP contribution in [0.2, 0.25) is 0 Å². The van der Waals surface area contributed by atoms with Crippen molar-refractivity contribution in [3.63, 3.8) is 0 Å². The summed E-state index contributed by atoms with van der Waals surface area (Å²) in [6.07, 6.45) is 1.72. The van der Waals surface area contributed by atoms with Crippen molar-refractivity contribution in [2.75, 3.05) is 0 Å². The second kappa shape index (κ2) is 5.63. The number of hydrogen-bond donors (Lipinski definition) is 0. The van der Waals surface area contributed by atoms with Crippen molar-refractivity contribution in [3.05, 3.63) is 42.9 Å². The van der Waals surface area contributed by atoms with Gasteiger partial charge in [0, 0.05) is 32.7 Å². The third kappa shape index (κ3) is 3.14. The Morgan fingerprint density at radius 2 is 1.80 bits per heavy atom. The zero-order valence-electron chi connectivity index (χ0n) is 5.70. The van der Waals surface area contributed by atoms with Crippen molar-refractivity contribution < 1.29 is 32.7 Å². The van der Waals surface area contributed by atoms with Gasteiger partial charge in [0.25, 0.3) is 0 Å². The third-order valence-electron chi connectivity index (χ3n) is 1.04. The van der Waals surface area contributed by atoms with Gasteiger partial charge in [-0.3, -0.25) is 0 Å². The van der Waals surface area contributed by atoms with E-state index in [4.69, 9.17) is 0 Å². The van der Waals surface area contributed by atoms with Crippen molar-refractivity contribution in [1.29, 1.82) is 0 Å². The second-order valence-corrected chi connectivity index (χ2v) is 1.72. The van der Waals surface area contributed by atoms with Crippen LogP contribution in [0.3, 0.4) is 0 Å². The number of aliphatic imine (C=N–C) groups is 1. The van der Waals surface area contributed by atoms with E-state index in [0.717, 1.165) is 5.56 Å². The van der Waals surface area contributed by atoms with Gasteiger partial charge in [0.15, 0.2) is 0 Å². The maximum Gasteiger partial charge on any atom is 0 e. The summed E-state index contributed by atoms with van der Waals surface area (Å²) in [7, 11) is 3.35. The summed E-state index contributed by atoms with van der Waals surface area (Å²) in [4.78, 5) is 3.63. The fourth-order valence-corrected chi connectivity index (χ4v) is 0.645. The Morgan fingerprint density at radius 3 is 2.30 bits per heavy atom. The Balaban J connectivity index is 0.000000810. The maximum absolute atomic E-state index is 3.63. The monoisotopic (exact) mass is 207 g/mol. The van der Waals surface area contributed by atoms with E-state index in [1.807, 2.05) is 30.3 Å². The van der Waals surface area contributed by atoms with Crippen LogP contribution in [0.1, 0.15) is 5.56 Å². The van der Waals surface area contributed by atoms with Gasteiger partial charge in [-0.2, -0.15) is 7.05 Å². The molecule has 1 aromatic rings. The Labute approximate surface area is 86.4 Å². The summed E-state index contributed by atoms with van der Waals surface area (Å²) >= 11 is 0. The Morgan fingerprint density at radius 1 is 1.20 bits per heavy atom. The topological polar surface area (TPSA) is 12.4 Å². The molecule has 0 spiro atoms. The minimum Gasteiger partial charge on any atom is -0.456 e. The SMILES string of the molecule is [CH2-]N=Cc1ccccc1.[Y]. The van der Waals surface area contributed by atoms with Gasteiger partial charge in [-0.1, -0.05) is 35.9 Å². The molecule has 2 heteroatoms. The molecule has 0 N–H and O–H groups in total. The van der Waals surface area contributed by atoms with E-state index in [2.05, 4.69) is 12.0 Å². The van der Waals surface area contributed by atoms with Crippen molar-refractivity contribution in [2.45, 2.75) is 0 Å². The van der Waals surface area contributed by atoms with E-state index in [-0.39, 0.29) is 32.7 Å². The fraction of sp³-hybridized carbons (Fsp3) is 0. The molecule has 1 aromatic carbocycles. The van der Waals surface area contributed by atoms with E-state index in [1.54, 1.807) is 6.21 Å². The van der Waals surface area contributed by atoms with Crippen LogP contribution in [0, 0.1) is 7.05 Å². The molecule has 0 bridgehead atoms. The van der Waals surface area contributed by atoms with Crippen molar-refractivity contribution in [1.82, 2.24) is 0 Å². The molecule has 1 nitrogen and oxygen atoms in total. The fourth-order valence-electron chi connectivity index (χ4n) is 0.645. The molecule has 0 atom stereocenters. The molecule has 0 aliphatic carbocycles. The summed E-state index contributed by atoms with van der Waals surface area (Å²) in [6.45, 7) is 0. The van der Waals surface area contributed by atoms with Gasteiger partial charge >= 0.3 is 0 Å². The van der Waals surface area contributed by atoms with Crippen LogP contribution in [0.4, 0.5) is 0 Å². The largest absolute Gasteiger partial charge is 0.456 e. The molecule has 0 amide bonds. The van der Waals surface area contributed by atoms with E-state index < -0.39 is 0 Å². The van der Waals surface area contributed by atoms with Gasteiger partial charge in [0.2, 0.25) is 0 Å². The van der Waals surface area contributed by atoms with Crippen LogP contribution in [0.5, 0.6) is 0 Å². The smallest absolute Gasteiger partial charge is 0 e. The van der Waals surface area contributed by atoms with Crippen molar-refractivity contribution in [2.24, 2.45) is 4.99 Å². The molecule has 0 heterocycles. The average Bonchev–Trinajstić information content (AvgIpc) is 1.91. The summed E-state index contributed by atoms with van der Waals surface area (Å²) in [5.74, 6) is 0. The molecule has 0 saturated heterocycles. The molecule has 0 unspecified atom stereocenters. The first-order chi connectivity index (χ1) is 4.43. The molecule has 0 aromatic heterocycles. The second-order valence-electron chi connectivity index (χ2n) is 1.72. The molecule has 0 aliphatic rings. The summed E-state index contributed by atoms with van der Waals surface area (Å²) in [5.41, 5.74) is 1.09. The molecule has 0 saturated carbocycles. The molecular weight excluding hydrogens is 199 g/mol. The zero-order chi connectivity index (χ0) is 6.53. The summed E-state index contributed by atoms with van der Waals surface area (Å²) in [6, 6.07) is 9.87. The van der Waals surface area contributed by atoms with E-state index in [0.29, 0.717) is 0 Å². The first-order valence-electron chi connectivity index (χ1n) is 2.77. The minimum atomic E-state index is 0. The van der Waals surface area contributed by atoms with Crippen molar-refractivity contribution >= 4 is 6.21 Å². The number of benzene rings is 1. The number of hydrogen-bond acceptors (Lipinski definition) is 1. The van der Waals surface area contributed by atoms with Gasteiger partial charge in [-0.25, -0.2) is 0 Å². The van der Waals surface area contributed by atoms with Crippen LogP contribution in [-0.4, -0.2) is 6.21 Å². The minimum absolute atomic E-state index is 0. The van der Waals surface area contributed by atoms with Crippen LogP contribution in [-0.2, 0) is 32.7 Å². The first kappa shape index (κ1) is 9.86. The average molecular weight is 207 g/mol. The summed E-state index contributed by atoms with van der Waals surface area (Å²) in [5, 5.41) is 0. The number of rotatable bonds is 1. The van der Waals surface area contributed by atoms with Crippen molar-refractivity contribution in [3.8, 4) is 0 Å². The van der Waals surface area contributed by atoms with Gasteiger partial charge in [0.05, 0.1) is 0 Å². The first-order valence-corrected chi connectivity index (χ1v) is 2.77. The van der Waals surface area contributed by atoms with Crippen LogP contribution in [0.15, 0.2) is 35.3 Å². The molecule has 0 fully saturated rings. The predicted molar refractivity (Wildman–Crippen MR) is 39.4 cm³/mol. The molecule has 0 aliphatic heterocycles. The zero-order valence-corrected chi connectivity index (χ0v) is 8.53. The normalized spacial score (nSPS) is 9.20. The number of nitrogens with zero attached hydrogens (tertiary/aromatic N) is 1. The predicted octanol–water partition coefficient (Wildman–Crippen LogP) is 1.89. The van der Waals surface area contributed by atoms with Gasteiger partial charge in [0.1, 0.15) is 0 Å².